The van der Waals surface area contributed by atoms with Crippen LogP contribution < -0.4 is 0 Å². The molecule has 7 heteroatoms. The molecular weight excluding hydrogens is 374 g/mol. The van der Waals surface area contributed by atoms with Gasteiger partial charge in [0.1, 0.15) is 6.10 Å². The molecule has 3 rings (SSSR count). The molecule has 2 N–H and O–H groups in total. The average Bonchev–Trinajstić information content (AvgIpc) is 3.03. The summed E-state index contributed by atoms with van der Waals surface area (Å²) >= 11 is 12.0. The van der Waals surface area contributed by atoms with E-state index in [4.69, 9.17) is 23.2 Å². The Hall–Kier alpha value is -1.95. The Morgan fingerprint density at radius 1 is 0.920 bits per heavy atom. The summed E-state index contributed by atoms with van der Waals surface area (Å²) in [5.74, 6) is 0. The topological polar surface area (TPSA) is 36.0 Å². The molecule has 3 aromatic rings. The standard InChI is InChI=1S/C18H12Cl2F3NO/c19-12-5-6-13(16(20)7-12)17(25)15-9-24-8-14(15)10-1-3-11(4-2-10)18(21,22)23/h1-9,17,24-25H. The van der Waals surface area contributed by atoms with Gasteiger partial charge in [-0.3, -0.25) is 0 Å². The van der Waals surface area contributed by atoms with Crippen LogP contribution in [-0.4, -0.2) is 10.1 Å². The summed E-state index contributed by atoms with van der Waals surface area (Å²) in [6, 6.07) is 9.49. The van der Waals surface area contributed by atoms with E-state index in [1.165, 1.54) is 18.2 Å². The summed E-state index contributed by atoms with van der Waals surface area (Å²) in [7, 11) is 0. The lowest BCUT2D eigenvalue weighted by Crippen LogP contribution is -2.04. The van der Waals surface area contributed by atoms with Crippen LogP contribution >= 0.6 is 23.2 Å². The summed E-state index contributed by atoms with van der Waals surface area (Å²) in [6.45, 7) is 0. The van der Waals surface area contributed by atoms with Gasteiger partial charge in [-0.05, 0) is 29.8 Å². The Balaban J connectivity index is 1.97. The van der Waals surface area contributed by atoms with Gasteiger partial charge in [0, 0.05) is 39.1 Å². The highest BCUT2D eigenvalue weighted by molar-refractivity contribution is 6.35. The van der Waals surface area contributed by atoms with Crippen molar-refractivity contribution < 1.29 is 18.3 Å². The number of benzene rings is 2. The van der Waals surface area contributed by atoms with Crippen molar-refractivity contribution in [1.29, 1.82) is 0 Å². The van der Waals surface area contributed by atoms with Gasteiger partial charge in [0.05, 0.1) is 5.56 Å². The normalized spacial score (nSPS) is 13.0. The summed E-state index contributed by atoms with van der Waals surface area (Å²) in [6.07, 6.45) is -2.24. The lowest BCUT2D eigenvalue weighted by molar-refractivity contribution is -0.137. The van der Waals surface area contributed by atoms with Gasteiger partial charge in [0.15, 0.2) is 0 Å². The molecule has 1 unspecified atom stereocenters. The molecule has 1 atom stereocenters. The maximum Gasteiger partial charge on any atom is 0.416 e. The van der Waals surface area contributed by atoms with Gasteiger partial charge >= 0.3 is 6.18 Å². The van der Waals surface area contributed by atoms with Crippen LogP contribution in [0.3, 0.4) is 0 Å². The molecule has 0 aliphatic carbocycles. The van der Waals surface area contributed by atoms with Crippen LogP contribution in [0, 0.1) is 0 Å². The highest BCUT2D eigenvalue weighted by Crippen LogP contribution is 2.37. The summed E-state index contributed by atoms with van der Waals surface area (Å²) in [5, 5.41) is 11.4. The largest absolute Gasteiger partial charge is 0.416 e. The van der Waals surface area contributed by atoms with Crippen LogP contribution in [0.4, 0.5) is 13.2 Å². The Bertz CT molecular complexity index is 888. The fourth-order valence-corrected chi connectivity index (χ4v) is 3.09. The van der Waals surface area contributed by atoms with Crippen molar-refractivity contribution in [3.8, 4) is 11.1 Å². The maximum atomic E-state index is 12.7. The van der Waals surface area contributed by atoms with E-state index in [2.05, 4.69) is 4.98 Å². The third-order valence-corrected chi connectivity index (χ3v) is 4.41. The van der Waals surface area contributed by atoms with Gasteiger partial charge in [-0.15, -0.1) is 0 Å². The number of halogens is 5. The number of aliphatic hydroxyl groups excluding tert-OH is 1. The van der Waals surface area contributed by atoms with E-state index in [-0.39, 0.29) is 0 Å². The van der Waals surface area contributed by atoms with Crippen molar-refractivity contribution in [2.45, 2.75) is 12.3 Å². The van der Waals surface area contributed by atoms with Gasteiger partial charge in [-0.2, -0.15) is 13.2 Å². The van der Waals surface area contributed by atoms with Crippen LogP contribution in [0.1, 0.15) is 22.8 Å². The second-order valence-corrected chi connectivity index (χ2v) is 6.31. The Labute approximate surface area is 151 Å². The number of rotatable bonds is 3. The second-order valence-electron chi connectivity index (χ2n) is 5.47. The molecule has 2 aromatic carbocycles. The molecule has 0 bridgehead atoms. The van der Waals surface area contributed by atoms with Crippen LogP contribution in [0.25, 0.3) is 11.1 Å². The van der Waals surface area contributed by atoms with Gasteiger partial charge in [-0.25, -0.2) is 0 Å². The molecule has 0 saturated carbocycles. The number of aromatic amines is 1. The molecule has 25 heavy (non-hydrogen) atoms. The van der Waals surface area contributed by atoms with Gasteiger partial charge < -0.3 is 10.1 Å². The van der Waals surface area contributed by atoms with E-state index in [1.807, 2.05) is 0 Å². The fraction of sp³-hybridized carbons (Fsp3) is 0.111. The molecule has 1 aromatic heterocycles. The van der Waals surface area contributed by atoms with Crippen molar-refractivity contribution in [2.75, 3.05) is 0 Å². The molecule has 130 valence electrons. The lowest BCUT2D eigenvalue weighted by atomic mass is 9.96. The summed E-state index contributed by atoms with van der Waals surface area (Å²) in [5.41, 5.74) is 1.37. The molecule has 0 fully saturated rings. The predicted octanol–water partition coefficient (Wildman–Crippen LogP) is 6.09. The minimum atomic E-state index is -4.39. The monoisotopic (exact) mass is 385 g/mol. The van der Waals surface area contributed by atoms with Crippen molar-refractivity contribution in [1.82, 2.24) is 4.98 Å². The Morgan fingerprint density at radius 2 is 1.60 bits per heavy atom. The zero-order valence-electron chi connectivity index (χ0n) is 12.6. The first-order valence-corrected chi connectivity index (χ1v) is 8.00. The predicted molar refractivity (Wildman–Crippen MR) is 91.8 cm³/mol. The van der Waals surface area contributed by atoms with E-state index in [1.54, 1.807) is 24.5 Å². The number of aliphatic hydroxyl groups is 1. The highest BCUT2D eigenvalue weighted by atomic mass is 35.5. The quantitative estimate of drug-likeness (QED) is 0.562. The molecule has 1 heterocycles. The number of hydrogen-bond donors (Lipinski definition) is 2. The van der Waals surface area contributed by atoms with E-state index in [9.17, 15) is 18.3 Å². The maximum absolute atomic E-state index is 12.7. The molecule has 0 aliphatic rings. The minimum Gasteiger partial charge on any atom is -0.384 e. The highest BCUT2D eigenvalue weighted by Gasteiger charge is 2.30. The van der Waals surface area contributed by atoms with E-state index < -0.39 is 17.8 Å². The number of alkyl halides is 3. The first kappa shape index (κ1) is 17.9. The van der Waals surface area contributed by atoms with Crippen molar-refractivity contribution in [3.63, 3.8) is 0 Å². The van der Waals surface area contributed by atoms with Gasteiger partial charge in [0.25, 0.3) is 0 Å². The number of hydrogen-bond acceptors (Lipinski definition) is 1. The fourth-order valence-electron chi connectivity index (χ4n) is 2.58. The van der Waals surface area contributed by atoms with E-state index >= 15 is 0 Å². The first-order valence-electron chi connectivity index (χ1n) is 7.24. The van der Waals surface area contributed by atoms with Crippen LogP contribution in [0.2, 0.25) is 10.0 Å². The van der Waals surface area contributed by atoms with E-state index in [0.29, 0.717) is 32.3 Å². The molecule has 0 aliphatic heterocycles. The van der Waals surface area contributed by atoms with Gasteiger partial charge in [0.2, 0.25) is 0 Å². The van der Waals surface area contributed by atoms with Crippen molar-refractivity contribution >= 4 is 23.2 Å². The van der Waals surface area contributed by atoms with Crippen LogP contribution in [0.15, 0.2) is 54.9 Å². The molecule has 0 spiro atoms. The van der Waals surface area contributed by atoms with Crippen LogP contribution in [-0.2, 0) is 6.18 Å². The Kier molecular flexibility index (Phi) is 4.82. The summed E-state index contributed by atoms with van der Waals surface area (Å²) < 4.78 is 38.1. The zero-order valence-corrected chi connectivity index (χ0v) is 14.1. The zero-order chi connectivity index (χ0) is 18.2. The van der Waals surface area contributed by atoms with E-state index in [0.717, 1.165) is 12.1 Å². The third-order valence-electron chi connectivity index (χ3n) is 3.85. The SMILES string of the molecule is OC(c1ccc(Cl)cc1Cl)c1c[nH]cc1-c1ccc(C(F)(F)F)cc1. The number of H-pyrrole nitrogens is 1. The first-order chi connectivity index (χ1) is 11.8. The van der Waals surface area contributed by atoms with Crippen LogP contribution in [0.5, 0.6) is 0 Å². The molecule has 0 amide bonds. The molecule has 0 saturated heterocycles. The summed E-state index contributed by atoms with van der Waals surface area (Å²) in [4.78, 5) is 2.87. The Morgan fingerprint density at radius 3 is 2.20 bits per heavy atom. The van der Waals surface area contributed by atoms with Gasteiger partial charge in [-0.1, -0.05) is 41.4 Å². The molecular formula is C18H12Cl2F3NO. The molecule has 2 nitrogen and oxygen atoms in total. The third kappa shape index (κ3) is 3.68. The second kappa shape index (κ2) is 6.75. The van der Waals surface area contributed by atoms with Crippen molar-refractivity contribution in [2.24, 2.45) is 0 Å². The molecule has 0 radical (unpaired) electrons. The minimum absolute atomic E-state index is 0.305. The smallest absolute Gasteiger partial charge is 0.384 e. The average molecular weight is 386 g/mol. The number of aromatic nitrogens is 1. The number of nitrogens with one attached hydrogen (secondary N) is 1. The van der Waals surface area contributed by atoms with Crippen molar-refractivity contribution in [3.05, 3.63) is 81.6 Å². The lowest BCUT2D eigenvalue weighted by Gasteiger charge is -2.15.